The van der Waals surface area contributed by atoms with E-state index in [4.69, 9.17) is 0 Å². The molecule has 0 unspecified atom stereocenters. The van der Waals surface area contributed by atoms with Gasteiger partial charge in [0.1, 0.15) is 11.5 Å². The third-order valence-corrected chi connectivity index (χ3v) is 8.15. The summed E-state index contributed by atoms with van der Waals surface area (Å²) in [7, 11) is 0. The summed E-state index contributed by atoms with van der Waals surface area (Å²) >= 11 is 0. The van der Waals surface area contributed by atoms with Crippen molar-refractivity contribution < 1.29 is 23.0 Å². The largest absolute Gasteiger partial charge is 0.573 e. The van der Waals surface area contributed by atoms with Crippen LogP contribution in [0.1, 0.15) is 70.4 Å². The normalized spacial score (nSPS) is 28.4. The number of aromatic hydroxyl groups is 1. The summed E-state index contributed by atoms with van der Waals surface area (Å²) in [5.41, 5.74) is 3.25. The van der Waals surface area contributed by atoms with Crippen molar-refractivity contribution >= 4 is 0 Å². The maximum absolute atomic E-state index is 12.6. The molecule has 4 fully saturated rings. The van der Waals surface area contributed by atoms with Gasteiger partial charge in [-0.25, -0.2) is 0 Å². The number of phenols is 1. The number of benzene rings is 2. The van der Waals surface area contributed by atoms with Crippen LogP contribution in [0.25, 0.3) is 11.1 Å². The molecule has 2 aromatic rings. The van der Waals surface area contributed by atoms with E-state index in [1.807, 2.05) is 6.07 Å². The third-order valence-electron chi connectivity index (χ3n) is 8.15. The standard InChI is InChI=1S/C28H34F3NO2/c1-26(2,3)22-11-21(16-32-27-13-17-8-18(14-27)10-19(9-17)15-27)25(33)24(12-22)20-4-6-23(7-5-20)34-28(29,30)31/h4-7,11-12,17-19,32-33H,8-10,13-16H2,1-3H3. The first kappa shape index (κ1) is 23.5. The molecule has 0 aromatic heterocycles. The number of hydrogen-bond acceptors (Lipinski definition) is 3. The summed E-state index contributed by atoms with van der Waals surface area (Å²) in [5, 5.41) is 15.1. The minimum Gasteiger partial charge on any atom is -0.507 e. The Morgan fingerprint density at radius 3 is 2.00 bits per heavy atom. The van der Waals surface area contributed by atoms with Gasteiger partial charge in [-0.05, 0) is 91.0 Å². The quantitative estimate of drug-likeness (QED) is 0.478. The van der Waals surface area contributed by atoms with Crippen molar-refractivity contribution in [2.75, 3.05) is 0 Å². The molecular weight excluding hydrogens is 439 g/mol. The summed E-state index contributed by atoms with van der Waals surface area (Å²) in [5.74, 6) is 2.42. The average Bonchev–Trinajstić information content (AvgIpc) is 2.71. The van der Waals surface area contributed by atoms with Gasteiger partial charge in [0.2, 0.25) is 0 Å². The van der Waals surface area contributed by atoms with Crippen LogP contribution in [0.3, 0.4) is 0 Å². The van der Waals surface area contributed by atoms with Gasteiger partial charge in [0.15, 0.2) is 0 Å². The zero-order chi connectivity index (χ0) is 24.3. The van der Waals surface area contributed by atoms with E-state index in [9.17, 15) is 18.3 Å². The summed E-state index contributed by atoms with van der Waals surface area (Å²) in [4.78, 5) is 0. The van der Waals surface area contributed by atoms with Crippen molar-refractivity contribution in [1.82, 2.24) is 5.32 Å². The molecule has 0 radical (unpaired) electrons. The SMILES string of the molecule is CC(C)(C)c1cc(CNC23CC4CC(CC(C4)C2)C3)c(O)c(-c2ccc(OC(F)(F)F)cc2)c1. The van der Waals surface area contributed by atoms with Crippen LogP contribution in [0.5, 0.6) is 11.5 Å². The van der Waals surface area contributed by atoms with Gasteiger partial charge >= 0.3 is 6.36 Å². The third kappa shape index (κ3) is 4.79. The number of phenolic OH excluding ortho intramolecular Hbond substituents is 1. The Kier molecular flexibility index (Phi) is 5.66. The van der Waals surface area contributed by atoms with Crippen LogP contribution in [-0.2, 0) is 12.0 Å². The molecule has 6 rings (SSSR count). The molecule has 0 amide bonds. The number of halogens is 3. The van der Waals surface area contributed by atoms with Crippen LogP contribution in [-0.4, -0.2) is 17.0 Å². The average molecular weight is 474 g/mol. The van der Waals surface area contributed by atoms with Gasteiger partial charge < -0.3 is 15.2 Å². The van der Waals surface area contributed by atoms with Gasteiger partial charge in [-0.1, -0.05) is 39.0 Å². The van der Waals surface area contributed by atoms with Gasteiger partial charge in [0, 0.05) is 23.2 Å². The minimum atomic E-state index is -4.73. The number of ether oxygens (including phenoxy) is 1. The lowest BCUT2D eigenvalue weighted by Crippen LogP contribution is -2.58. The van der Waals surface area contributed by atoms with Crippen molar-refractivity contribution in [2.24, 2.45) is 17.8 Å². The van der Waals surface area contributed by atoms with Crippen LogP contribution >= 0.6 is 0 Å². The zero-order valence-electron chi connectivity index (χ0n) is 20.1. The zero-order valence-corrected chi connectivity index (χ0v) is 20.1. The molecule has 2 N–H and O–H groups in total. The topological polar surface area (TPSA) is 41.5 Å². The second-order valence-electron chi connectivity index (χ2n) is 11.9. The highest BCUT2D eigenvalue weighted by Gasteiger charge is 2.50. The van der Waals surface area contributed by atoms with Crippen molar-refractivity contribution in [1.29, 1.82) is 0 Å². The highest BCUT2D eigenvalue weighted by molar-refractivity contribution is 5.73. The summed E-state index contributed by atoms with van der Waals surface area (Å²) in [6, 6.07) is 9.74. The van der Waals surface area contributed by atoms with Crippen molar-refractivity contribution in [3.05, 3.63) is 47.5 Å². The van der Waals surface area contributed by atoms with Gasteiger partial charge in [-0.15, -0.1) is 13.2 Å². The van der Waals surface area contributed by atoms with E-state index in [1.165, 1.54) is 50.7 Å². The Bertz CT molecular complexity index is 1020. The van der Waals surface area contributed by atoms with Crippen LogP contribution in [0.2, 0.25) is 0 Å². The molecule has 4 aliphatic carbocycles. The molecule has 4 bridgehead atoms. The molecule has 4 aliphatic rings. The predicted molar refractivity (Wildman–Crippen MR) is 127 cm³/mol. The Morgan fingerprint density at radius 1 is 0.941 bits per heavy atom. The Labute approximate surface area is 199 Å². The minimum absolute atomic E-state index is 0.142. The first-order chi connectivity index (χ1) is 15.9. The molecule has 4 saturated carbocycles. The molecule has 2 aromatic carbocycles. The van der Waals surface area contributed by atoms with Gasteiger partial charge in [-0.2, -0.15) is 0 Å². The Balaban J connectivity index is 1.43. The molecule has 3 nitrogen and oxygen atoms in total. The predicted octanol–water partition coefficient (Wildman–Crippen LogP) is 7.31. The smallest absolute Gasteiger partial charge is 0.507 e. The number of hydrogen-bond donors (Lipinski definition) is 2. The van der Waals surface area contributed by atoms with Crippen LogP contribution < -0.4 is 10.1 Å². The molecular formula is C28H34F3NO2. The summed E-state index contributed by atoms with van der Waals surface area (Å²) < 4.78 is 41.7. The number of rotatable bonds is 5. The van der Waals surface area contributed by atoms with Crippen LogP contribution in [0.4, 0.5) is 13.2 Å². The lowest BCUT2D eigenvalue weighted by Gasteiger charge is -2.57. The first-order valence-electron chi connectivity index (χ1n) is 12.4. The maximum atomic E-state index is 12.6. The Morgan fingerprint density at radius 2 is 1.50 bits per heavy atom. The van der Waals surface area contributed by atoms with Crippen molar-refractivity contribution in [3.63, 3.8) is 0 Å². The van der Waals surface area contributed by atoms with Crippen LogP contribution in [0.15, 0.2) is 36.4 Å². The first-order valence-corrected chi connectivity index (χ1v) is 12.4. The second-order valence-corrected chi connectivity index (χ2v) is 11.9. The molecule has 0 atom stereocenters. The fraction of sp³-hybridized carbons (Fsp3) is 0.571. The molecule has 0 saturated heterocycles. The molecule has 0 heterocycles. The molecule has 34 heavy (non-hydrogen) atoms. The van der Waals surface area contributed by atoms with E-state index in [-0.39, 0.29) is 22.5 Å². The molecule has 184 valence electrons. The second kappa shape index (κ2) is 8.18. The van der Waals surface area contributed by atoms with E-state index in [0.29, 0.717) is 17.7 Å². The fourth-order valence-electron chi connectivity index (χ4n) is 6.93. The highest BCUT2D eigenvalue weighted by Crippen LogP contribution is 2.55. The molecule has 0 aliphatic heterocycles. The fourth-order valence-corrected chi connectivity index (χ4v) is 6.93. The van der Waals surface area contributed by atoms with E-state index < -0.39 is 6.36 Å². The van der Waals surface area contributed by atoms with Crippen molar-refractivity contribution in [2.45, 2.75) is 83.2 Å². The number of alkyl halides is 3. The van der Waals surface area contributed by atoms with E-state index in [2.05, 4.69) is 36.9 Å². The van der Waals surface area contributed by atoms with Crippen LogP contribution in [0, 0.1) is 17.8 Å². The molecule has 0 spiro atoms. The summed E-state index contributed by atoms with van der Waals surface area (Å²) in [6.45, 7) is 6.96. The highest BCUT2D eigenvalue weighted by atomic mass is 19.4. The monoisotopic (exact) mass is 473 g/mol. The van der Waals surface area contributed by atoms with Gasteiger partial charge in [0.05, 0.1) is 0 Å². The molecule has 6 heteroatoms. The lowest BCUT2D eigenvalue weighted by molar-refractivity contribution is -0.274. The lowest BCUT2D eigenvalue weighted by atomic mass is 9.53. The number of nitrogens with one attached hydrogen (secondary N) is 1. The summed E-state index contributed by atoms with van der Waals surface area (Å²) in [6.07, 6.45) is 3.09. The Hall–Kier alpha value is -2.21. The van der Waals surface area contributed by atoms with E-state index in [0.717, 1.165) is 28.9 Å². The van der Waals surface area contributed by atoms with E-state index in [1.54, 1.807) is 12.1 Å². The van der Waals surface area contributed by atoms with Crippen molar-refractivity contribution in [3.8, 4) is 22.6 Å². The van der Waals surface area contributed by atoms with E-state index >= 15 is 0 Å². The van der Waals surface area contributed by atoms with Gasteiger partial charge in [-0.3, -0.25) is 0 Å². The van der Waals surface area contributed by atoms with Gasteiger partial charge in [0.25, 0.3) is 0 Å². The maximum Gasteiger partial charge on any atom is 0.573 e.